The molecule has 1 aliphatic rings. The first-order valence-electron chi connectivity index (χ1n) is 10.6. The van der Waals surface area contributed by atoms with Gasteiger partial charge in [-0.05, 0) is 48.5 Å². The molecule has 10 heteroatoms. The summed E-state index contributed by atoms with van der Waals surface area (Å²) in [7, 11) is -3.32. The lowest BCUT2D eigenvalue weighted by Crippen LogP contribution is -2.36. The minimum absolute atomic E-state index is 0.481. The number of fused-ring (bicyclic) bond motifs is 1. The van der Waals surface area contributed by atoms with Crippen LogP contribution < -0.4 is 14.9 Å². The molecular formula is C23H24N6O3S. The first kappa shape index (κ1) is 21.2. The van der Waals surface area contributed by atoms with E-state index >= 15 is 0 Å². The lowest BCUT2D eigenvalue weighted by Gasteiger charge is -2.28. The molecular weight excluding hydrogens is 440 g/mol. The number of hydrogen-bond donors (Lipinski definition) is 2. The molecule has 0 radical (unpaired) electrons. The van der Waals surface area contributed by atoms with E-state index in [2.05, 4.69) is 37.2 Å². The quantitative estimate of drug-likeness (QED) is 0.451. The summed E-state index contributed by atoms with van der Waals surface area (Å²) in [6.45, 7) is 3.30. The van der Waals surface area contributed by atoms with E-state index in [1.54, 1.807) is 18.3 Å². The first-order chi connectivity index (χ1) is 15.9. The molecule has 0 spiro atoms. The molecule has 9 nitrogen and oxygen atoms in total. The van der Waals surface area contributed by atoms with Crippen LogP contribution in [0.2, 0.25) is 0 Å². The van der Waals surface area contributed by atoms with Gasteiger partial charge in [-0.25, -0.2) is 17.9 Å². The lowest BCUT2D eigenvalue weighted by atomic mass is 10.1. The summed E-state index contributed by atoms with van der Waals surface area (Å²) in [5, 5.41) is 7.92. The number of nitrogens with zero attached hydrogens (tertiary/aromatic N) is 4. The number of rotatable bonds is 6. The van der Waals surface area contributed by atoms with Crippen LogP contribution in [-0.2, 0) is 14.8 Å². The predicted octanol–water partition coefficient (Wildman–Crippen LogP) is 3.35. The van der Waals surface area contributed by atoms with E-state index < -0.39 is 10.0 Å². The Bertz CT molecular complexity index is 1360. The van der Waals surface area contributed by atoms with Crippen LogP contribution in [-0.4, -0.2) is 55.6 Å². The number of aromatic nitrogens is 3. The molecule has 0 aliphatic carbocycles. The van der Waals surface area contributed by atoms with Crippen molar-refractivity contribution in [1.82, 2.24) is 14.6 Å². The molecule has 1 saturated heterocycles. The third-order valence-corrected chi connectivity index (χ3v) is 5.99. The summed E-state index contributed by atoms with van der Waals surface area (Å²) in [5.41, 5.74) is 5.23. The zero-order chi connectivity index (χ0) is 22.8. The number of ether oxygens (including phenoxy) is 1. The molecule has 0 saturated carbocycles. The number of morpholine rings is 1. The van der Waals surface area contributed by atoms with Gasteiger partial charge in [-0.3, -0.25) is 4.72 Å². The summed E-state index contributed by atoms with van der Waals surface area (Å²) >= 11 is 0. The smallest absolute Gasteiger partial charge is 0.245 e. The SMILES string of the molecule is CS(=O)(=O)Nc1ccc(-c2ccc3cnc(Nc4ccc(N5CCOCC5)cc4)nn23)cc1. The van der Waals surface area contributed by atoms with Gasteiger partial charge in [0.25, 0.3) is 0 Å². The van der Waals surface area contributed by atoms with Gasteiger partial charge in [0.1, 0.15) is 0 Å². The average molecular weight is 465 g/mol. The van der Waals surface area contributed by atoms with Crippen LogP contribution in [0.3, 0.4) is 0 Å². The standard InChI is InChI=1S/C23H24N6O3S/c1-33(30,31)27-19-4-2-17(3-5-19)22-11-10-21-16-24-23(26-29(21)22)25-18-6-8-20(9-7-18)28-12-14-32-15-13-28/h2-11,16,27H,12-15H2,1H3,(H,25,26). The summed E-state index contributed by atoms with van der Waals surface area (Å²) < 4.78 is 32.6. The number of nitrogens with one attached hydrogen (secondary N) is 2. The molecule has 2 aromatic carbocycles. The van der Waals surface area contributed by atoms with E-state index in [4.69, 9.17) is 4.74 Å². The maximum Gasteiger partial charge on any atom is 0.245 e. The van der Waals surface area contributed by atoms with Gasteiger partial charge in [0.05, 0.1) is 36.9 Å². The molecule has 0 amide bonds. The van der Waals surface area contributed by atoms with E-state index in [-0.39, 0.29) is 0 Å². The van der Waals surface area contributed by atoms with Crippen LogP contribution in [0.4, 0.5) is 23.0 Å². The molecule has 1 aliphatic heterocycles. The minimum atomic E-state index is -3.32. The van der Waals surface area contributed by atoms with E-state index in [1.807, 2.05) is 40.9 Å². The Labute approximate surface area is 192 Å². The van der Waals surface area contributed by atoms with Gasteiger partial charge in [-0.1, -0.05) is 12.1 Å². The summed E-state index contributed by atoms with van der Waals surface area (Å²) in [5.74, 6) is 0.481. The molecule has 2 aromatic heterocycles. The van der Waals surface area contributed by atoms with Crippen molar-refractivity contribution in [3.05, 3.63) is 66.9 Å². The highest BCUT2D eigenvalue weighted by Crippen LogP contribution is 2.25. The highest BCUT2D eigenvalue weighted by atomic mass is 32.2. The van der Waals surface area contributed by atoms with E-state index in [9.17, 15) is 8.42 Å². The van der Waals surface area contributed by atoms with Gasteiger partial charge in [0, 0.05) is 35.7 Å². The number of benzene rings is 2. The normalized spacial score (nSPS) is 14.4. The van der Waals surface area contributed by atoms with Crippen molar-refractivity contribution in [2.75, 3.05) is 47.5 Å². The Balaban J connectivity index is 1.36. The highest BCUT2D eigenvalue weighted by molar-refractivity contribution is 7.92. The zero-order valence-electron chi connectivity index (χ0n) is 18.1. The highest BCUT2D eigenvalue weighted by Gasteiger charge is 2.12. The Morgan fingerprint density at radius 2 is 1.61 bits per heavy atom. The fourth-order valence-electron chi connectivity index (χ4n) is 3.81. The van der Waals surface area contributed by atoms with Crippen molar-refractivity contribution in [3.8, 4) is 11.3 Å². The van der Waals surface area contributed by atoms with Crippen molar-refractivity contribution in [2.24, 2.45) is 0 Å². The second-order valence-electron chi connectivity index (χ2n) is 7.86. The van der Waals surface area contributed by atoms with E-state index in [1.165, 1.54) is 5.69 Å². The molecule has 5 rings (SSSR count). The second kappa shape index (κ2) is 8.72. The molecule has 2 N–H and O–H groups in total. The lowest BCUT2D eigenvalue weighted by molar-refractivity contribution is 0.122. The summed E-state index contributed by atoms with van der Waals surface area (Å²) in [6.07, 6.45) is 2.89. The number of sulfonamides is 1. The molecule has 170 valence electrons. The van der Waals surface area contributed by atoms with Gasteiger partial charge in [-0.2, -0.15) is 0 Å². The van der Waals surface area contributed by atoms with Gasteiger partial charge < -0.3 is 15.0 Å². The van der Waals surface area contributed by atoms with Gasteiger partial charge in [0.2, 0.25) is 16.0 Å². The summed E-state index contributed by atoms with van der Waals surface area (Å²) in [4.78, 5) is 6.73. The second-order valence-corrected chi connectivity index (χ2v) is 9.61. The predicted molar refractivity (Wildman–Crippen MR) is 130 cm³/mol. The maximum atomic E-state index is 11.4. The van der Waals surface area contributed by atoms with Gasteiger partial charge >= 0.3 is 0 Å². The van der Waals surface area contributed by atoms with Gasteiger partial charge in [0.15, 0.2) is 0 Å². The molecule has 0 unspecified atom stereocenters. The molecule has 1 fully saturated rings. The van der Waals surface area contributed by atoms with Crippen LogP contribution in [0, 0.1) is 0 Å². The van der Waals surface area contributed by atoms with E-state index in [0.717, 1.165) is 55.0 Å². The molecule has 33 heavy (non-hydrogen) atoms. The molecule has 3 heterocycles. The monoisotopic (exact) mass is 464 g/mol. The number of hydrogen-bond acceptors (Lipinski definition) is 7. The van der Waals surface area contributed by atoms with Crippen LogP contribution in [0.5, 0.6) is 0 Å². The Morgan fingerprint density at radius 3 is 2.30 bits per heavy atom. The average Bonchev–Trinajstić information content (AvgIpc) is 3.23. The van der Waals surface area contributed by atoms with Crippen LogP contribution in [0.25, 0.3) is 16.8 Å². The topological polar surface area (TPSA) is 101 Å². The zero-order valence-corrected chi connectivity index (χ0v) is 18.9. The fraction of sp³-hybridized carbons (Fsp3) is 0.217. The van der Waals surface area contributed by atoms with Crippen LogP contribution >= 0.6 is 0 Å². The Kier molecular flexibility index (Phi) is 5.61. The molecule has 0 bridgehead atoms. The third-order valence-electron chi connectivity index (χ3n) is 5.38. The van der Waals surface area contributed by atoms with Crippen LogP contribution in [0.15, 0.2) is 66.9 Å². The van der Waals surface area contributed by atoms with Crippen molar-refractivity contribution in [1.29, 1.82) is 0 Å². The Morgan fingerprint density at radius 1 is 0.909 bits per heavy atom. The fourth-order valence-corrected chi connectivity index (χ4v) is 4.37. The molecule has 0 atom stereocenters. The minimum Gasteiger partial charge on any atom is -0.378 e. The van der Waals surface area contributed by atoms with Crippen molar-refractivity contribution in [2.45, 2.75) is 0 Å². The molecule has 4 aromatic rings. The maximum absolute atomic E-state index is 11.4. The van der Waals surface area contributed by atoms with Crippen molar-refractivity contribution < 1.29 is 13.2 Å². The largest absolute Gasteiger partial charge is 0.378 e. The Hall–Kier alpha value is -3.63. The third kappa shape index (κ3) is 4.91. The van der Waals surface area contributed by atoms with Crippen molar-refractivity contribution in [3.63, 3.8) is 0 Å². The number of anilines is 4. The van der Waals surface area contributed by atoms with Crippen LogP contribution in [0.1, 0.15) is 0 Å². The van der Waals surface area contributed by atoms with Crippen molar-refractivity contribution >= 4 is 38.6 Å². The van der Waals surface area contributed by atoms with Gasteiger partial charge in [-0.15, -0.1) is 5.10 Å². The first-order valence-corrected chi connectivity index (χ1v) is 12.5. The summed E-state index contributed by atoms with van der Waals surface area (Å²) in [6, 6.07) is 19.3. The van der Waals surface area contributed by atoms with E-state index in [0.29, 0.717) is 11.6 Å².